The Morgan fingerprint density at radius 1 is 0.750 bits per heavy atom. The van der Waals surface area contributed by atoms with Crippen LogP contribution in [0.1, 0.15) is 21.6 Å². The van der Waals surface area contributed by atoms with Crippen LogP contribution in [0.15, 0.2) is 115 Å². The maximum Gasteiger partial charge on any atom is 0.416 e. The number of rotatable bonds is 6. The zero-order valence-electron chi connectivity index (χ0n) is 18.9. The van der Waals surface area contributed by atoms with E-state index < -0.39 is 11.7 Å². The Morgan fingerprint density at radius 3 is 2.00 bits per heavy atom. The van der Waals surface area contributed by atoms with Crippen molar-refractivity contribution >= 4 is 17.2 Å². The van der Waals surface area contributed by atoms with Crippen molar-refractivity contribution in [3.63, 3.8) is 0 Å². The summed E-state index contributed by atoms with van der Waals surface area (Å²) in [5, 5.41) is 7.89. The van der Waals surface area contributed by atoms with E-state index in [0.717, 1.165) is 12.1 Å². The average molecular weight is 483 g/mol. The predicted octanol–water partition coefficient (Wildman–Crippen LogP) is 7.53. The van der Waals surface area contributed by atoms with E-state index in [-0.39, 0.29) is 17.2 Å². The fourth-order valence-corrected chi connectivity index (χ4v) is 3.95. The lowest BCUT2D eigenvalue weighted by atomic mass is 10.0. The highest BCUT2D eigenvalue weighted by atomic mass is 19.4. The molecule has 0 unspecified atom stereocenters. The van der Waals surface area contributed by atoms with Crippen molar-refractivity contribution < 1.29 is 18.0 Å². The zero-order chi connectivity index (χ0) is 25.1. The molecule has 0 aliphatic carbocycles. The molecule has 36 heavy (non-hydrogen) atoms. The summed E-state index contributed by atoms with van der Waals surface area (Å²) >= 11 is 0. The maximum absolute atomic E-state index is 13.6. The molecule has 0 amide bonds. The molecule has 5 rings (SSSR count). The summed E-state index contributed by atoms with van der Waals surface area (Å²) < 4.78 is 42.0. The van der Waals surface area contributed by atoms with Gasteiger partial charge in [0.15, 0.2) is 5.69 Å². The second kappa shape index (κ2) is 9.54. The molecular weight excluding hydrogens is 463 g/mol. The normalized spacial score (nSPS) is 11.3. The summed E-state index contributed by atoms with van der Waals surface area (Å²) in [5.74, 6) is -0.350. The number of ketones is 1. The summed E-state index contributed by atoms with van der Waals surface area (Å²) in [4.78, 5) is 13.6. The smallest absolute Gasteiger partial charge is 0.352 e. The molecule has 0 saturated heterocycles. The minimum Gasteiger partial charge on any atom is -0.352 e. The highest BCUT2D eigenvalue weighted by Gasteiger charge is 2.32. The van der Waals surface area contributed by atoms with Crippen LogP contribution in [0.5, 0.6) is 0 Å². The quantitative estimate of drug-likeness (QED) is 0.254. The zero-order valence-corrected chi connectivity index (χ0v) is 18.9. The van der Waals surface area contributed by atoms with E-state index in [1.807, 2.05) is 60.7 Å². The van der Waals surface area contributed by atoms with Crippen LogP contribution in [-0.4, -0.2) is 15.6 Å². The summed E-state index contributed by atoms with van der Waals surface area (Å²) in [6, 6.07) is 32.0. The Bertz CT molecular complexity index is 1500. The van der Waals surface area contributed by atoms with Gasteiger partial charge in [0.05, 0.1) is 22.6 Å². The number of carbonyl (C=O) groups excluding carboxylic acids is 1. The van der Waals surface area contributed by atoms with Crippen LogP contribution >= 0.6 is 0 Å². The molecule has 0 aliphatic heterocycles. The number of halogens is 3. The largest absolute Gasteiger partial charge is 0.416 e. The van der Waals surface area contributed by atoms with Gasteiger partial charge in [-0.2, -0.15) is 18.3 Å². The van der Waals surface area contributed by atoms with Crippen LogP contribution in [-0.2, 0) is 6.18 Å². The molecule has 0 bridgehead atoms. The van der Waals surface area contributed by atoms with Crippen LogP contribution in [0.4, 0.5) is 24.5 Å². The number of nitrogens with zero attached hydrogens (tertiary/aromatic N) is 2. The monoisotopic (exact) mass is 483 g/mol. The number of hydrogen-bond donors (Lipinski definition) is 1. The molecule has 0 atom stereocenters. The number of anilines is 2. The lowest BCUT2D eigenvalue weighted by Gasteiger charge is -2.13. The fourth-order valence-electron chi connectivity index (χ4n) is 3.95. The first-order chi connectivity index (χ1) is 17.4. The summed E-state index contributed by atoms with van der Waals surface area (Å²) in [7, 11) is 0. The van der Waals surface area contributed by atoms with Crippen molar-refractivity contribution in [2.24, 2.45) is 0 Å². The molecule has 0 spiro atoms. The number of hydrogen-bond acceptors (Lipinski definition) is 3. The molecule has 1 N–H and O–H groups in total. The van der Waals surface area contributed by atoms with Crippen LogP contribution in [0.25, 0.3) is 16.9 Å². The Labute approximate surface area is 205 Å². The summed E-state index contributed by atoms with van der Waals surface area (Å²) in [6.07, 6.45) is -4.52. The van der Waals surface area contributed by atoms with Crippen molar-refractivity contribution in [1.29, 1.82) is 0 Å². The second-order valence-corrected chi connectivity index (χ2v) is 8.08. The van der Waals surface area contributed by atoms with Crippen LogP contribution in [0, 0.1) is 0 Å². The van der Waals surface area contributed by atoms with Crippen LogP contribution in [0.2, 0.25) is 0 Å². The summed E-state index contributed by atoms with van der Waals surface area (Å²) in [6.45, 7) is 0. The molecule has 0 aliphatic rings. The molecule has 0 saturated carbocycles. The molecule has 0 radical (unpaired) electrons. The van der Waals surface area contributed by atoms with E-state index in [9.17, 15) is 18.0 Å². The molecule has 1 aromatic heterocycles. The van der Waals surface area contributed by atoms with E-state index in [2.05, 4.69) is 10.4 Å². The summed E-state index contributed by atoms with van der Waals surface area (Å²) in [5.41, 5.74) is 2.17. The number of aromatic nitrogens is 2. The third-order valence-electron chi connectivity index (χ3n) is 5.64. The molecule has 1 heterocycles. The van der Waals surface area contributed by atoms with Gasteiger partial charge in [0.1, 0.15) is 0 Å². The third kappa shape index (κ3) is 4.63. The highest BCUT2D eigenvalue weighted by Crippen LogP contribution is 2.38. The van der Waals surface area contributed by atoms with E-state index in [1.54, 1.807) is 30.3 Å². The van der Waals surface area contributed by atoms with E-state index in [1.165, 1.54) is 16.8 Å². The van der Waals surface area contributed by atoms with E-state index in [0.29, 0.717) is 28.2 Å². The Balaban J connectivity index is 1.79. The van der Waals surface area contributed by atoms with Crippen molar-refractivity contribution in [1.82, 2.24) is 9.78 Å². The number of alkyl halides is 3. The van der Waals surface area contributed by atoms with Crippen LogP contribution < -0.4 is 5.32 Å². The SMILES string of the molecule is O=C(c1ccccc1)c1nn(-c2cccc(C(F)(F)F)c2)c(-c2ccccc2)c1Nc1ccccc1. The van der Waals surface area contributed by atoms with Gasteiger partial charge in [0.25, 0.3) is 0 Å². The molecule has 7 heteroatoms. The number of carbonyl (C=O) groups is 1. The van der Waals surface area contributed by atoms with Crippen molar-refractivity contribution in [3.05, 3.63) is 132 Å². The second-order valence-electron chi connectivity index (χ2n) is 8.08. The maximum atomic E-state index is 13.6. The van der Waals surface area contributed by atoms with Gasteiger partial charge in [0, 0.05) is 16.8 Å². The van der Waals surface area contributed by atoms with Gasteiger partial charge in [-0.25, -0.2) is 4.68 Å². The first-order valence-electron chi connectivity index (χ1n) is 11.2. The highest BCUT2D eigenvalue weighted by molar-refractivity contribution is 6.13. The van der Waals surface area contributed by atoms with Crippen molar-refractivity contribution in [3.8, 4) is 16.9 Å². The van der Waals surface area contributed by atoms with Gasteiger partial charge < -0.3 is 5.32 Å². The van der Waals surface area contributed by atoms with E-state index >= 15 is 0 Å². The number of para-hydroxylation sites is 1. The molecule has 4 nitrogen and oxygen atoms in total. The first kappa shape index (κ1) is 23.1. The van der Waals surface area contributed by atoms with Gasteiger partial charge in [-0.3, -0.25) is 4.79 Å². The molecule has 178 valence electrons. The minimum absolute atomic E-state index is 0.0984. The minimum atomic E-state index is -4.52. The number of nitrogens with one attached hydrogen (secondary N) is 1. The third-order valence-corrected chi connectivity index (χ3v) is 5.64. The van der Waals surface area contributed by atoms with Gasteiger partial charge in [-0.15, -0.1) is 0 Å². The topological polar surface area (TPSA) is 46.9 Å². The van der Waals surface area contributed by atoms with E-state index in [4.69, 9.17) is 0 Å². The lowest BCUT2D eigenvalue weighted by molar-refractivity contribution is -0.137. The van der Waals surface area contributed by atoms with Crippen molar-refractivity contribution in [2.75, 3.05) is 5.32 Å². The lowest BCUT2D eigenvalue weighted by Crippen LogP contribution is -2.08. The Morgan fingerprint density at radius 2 is 1.36 bits per heavy atom. The Kier molecular flexibility index (Phi) is 6.12. The molecule has 4 aromatic carbocycles. The average Bonchev–Trinajstić information content (AvgIpc) is 3.28. The van der Waals surface area contributed by atoms with Gasteiger partial charge >= 0.3 is 6.18 Å². The fraction of sp³-hybridized carbons (Fsp3) is 0.0345. The van der Waals surface area contributed by atoms with Crippen LogP contribution in [0.3, 0.4) is 0 Å². The first-order valence-corrected chi connectivity index (χ1v) is 11.2. The molecule has 0 fully saturated rings. The molecular formula is C29H20F3N3O. The Hall–Kier alpha value is -4.65. The number of benzene rings is 4. The molecule has 5 aromatic rings. The predicted molar refractivity (Wildman–Crippen MR) is 134 cm³/mol. The standard InChI is InChI=1S/C29H20F3N3O/c30-29(31,32)22-15-10-18-24(19-22)35-27(20-11-4-1-5-12-20)25(33-23-16-8-3-9-17-23)26(34-35)28(36)21-13-6-2-7-14-21/h1-19,33H. The van der Waals surface area contributed by atoms with Gasteiger partial charge in [0.2, 0.25) is 5.78 Å². The van der Waals surface area contributed by atoms with Gasteiger partial charge in [-0.1, -0.05) is 84.9 Å². The van der Waals surface area contributed by atoms with Crippen molar-refractivity contribution in [2.45, 2.75) is 6.18 Å². The van der Waals surface area contributed by atoms with Gasteiger partial charge in [-0.05, 0) is 30.3 Å².